The third kappa shape index (κ3) is 2.31. The second kappa shape index (κ2) is 4.07. The highest BCUT2D eigenvalue weighted by Crippen LogP contribution is 2.42. The number of fused-ring (bicyclic) bond motifs is 2. The molecule has 0 aliphatic carbocycles. The molecule has 3 atom stereocenters. The van der Waals surface area contributed by atoms with Gasteiger partial charge < -0.3 is 10.6 Å². The Morgan fingerprint density at radius 3 is 2.44 bits per heavy atom. The van der Waals surface area contributed by atoms with Crippen molar-refractivity contribution in [2.45, 2.75) is 56.7 Å². The molecule has 1 unspecified atom stereocenters. The van der Waals surface area contributed by atoms with E-state index in [0.717, 1.165) is 18.7 Å². The molecule has 2 N–H and O–H groups in total. The lowest BCUT2D eigenvalue weighted by Crippen LogP contribution is -2.56. The Bertz CT molecular complexity index is 431. The first-order valence-corrected chi connectivity index (χ1v) is 6.89. The van der Waals surface area contributed by atoms with Crippen molar-refractivity contribution in [3.05, 3.63) is 17.3 Å². The largest absolute Gasteiger partial charge is 0.366 e. The maximum atomic E-state index is 5.74. The zero-order chi connectivity index (χ0) is 12.8. The summed E-state index contributed by atoms with van der Waals surface area (Å²) in [5, 5.41) is 15.6. The van der Waals surface area contributed by atoms with Crippen molar-refractivity contribution in [1.82, 2.24) is 15.5 Å². The van der Waals surface area contributed by atoms with Crippen LogP contribution in [-0.4, -0.2) is 27.3 Å². The van der Waals surface area contributed by atoms with Crippen molar-refractivity contribution < 1.29 is 0 Å². The Morgan fingerprint density at radius 2 is 1.89 bits per heavy atom. The number of hydrogen-bond donors (Lipinski definition) is 2. The summed E-state index contributed by atoms with van der Waals surface area (Å²) >= 11 is 5.74. The van der Waals surface area contributed by atoms with Crippen LogP contribution in [0.25, 0.3) is 0 Å². The average Bonchev–Trinajstić information content (AvgIpc) is 2.51. The topological polar surface area (TPSA) is 49.8 Å². The maximum absolute atomic E-state index is 5.74. The molecule has 1 aromatic rings. The fourth-order valence-corrected chi connectivity index (χ4v) is 3.68. The number of nitrogens with zero attached hydrogens (tertiary/aromatic N) is 2. The Balaban J connectivity index is 1.72. The van der Waals surface area contributed by atoms with Crippen LogP contribution in [0.1, 0.15) is 39.5 Å². The van der Waals surface area contributed by atoms with E-state index in [1.807, 2.05) is 6.07 Å². The summed E-state index contributed by atoms with van der Waals surface area (Å²) in [6, 6.07) is 4.12. The Morgan fingerprint density at radius 1 is 1.22 bits per heavy atom. The first-order chi connectivity index (χ1) is 8.46. The Hall–Kier alpha value is -0.870. The number of aromatic nitrogens is 2. The van der Waals surface area contributed by atoms with E-state index in [2.05, 4.69) is 34.7 Å². The standard InChI is InChI=1S/C13H19ClN4/c1-12-5-6-13(2,18-12)8-9(7-12)15-11-4-3-10(14)16-17-11/h3-4,9,18H,5-8H2,1-2H3,(H,15,17)/t9?,12-,13+. The summed E-state index contributed by atoms with van der Waals surface area (Å²) in [5.41, 5.74) is 0.537. The molecule has 0 aromatic carbocycles. The van der Waals surface area contributed by atoms with E-state index in [1.165, 1.54) is 12.8 Å². The summed E-state index contributed by atoms with van der Waals surface area (Å²) < 4.78 is 0. The minimum atomic E-state index is 0.268. The Labute approximate surface area is 113 Å². The van der Waals surface area contributed by atoms with Crippen LogP contribution >= 0.6 is 11.6 Å². The van der Waals surface area contributed by atoms with Crippen LogP contribution in [0, 0.1) is 0 Å². The molecule has 2 aliphatic rings. The van der Waals surface area contributed by atoms with E-state index < -0.39 is 0 Å². The second-order valence-corrected chi connectivity index (χ2v) is 6.62. The van der Waals surface area contributed by atoms with Gasteiger partial charge in [-0.25, -0.2) is 0 Å². The molecule has 2 bridgehead atoms. The molecule has 2 fully saturated rings. The van der Waals surface area contributed by atoms with Crippen LogP contribution < -0.4 is 10.6 Å². The van der Waals surface area contributed by atoms with Crippen molar-refractivity contribution in [2.75, 3.05) is 5.32 Å². The maximum Gasteiger partial charge on any atom is 0.151 e. The summed E-state index contributed by atoms with van der Waals surface area (Å²) in [7, 11) is 0. The van der Waals surface area contributed by atoms with Crippen LogP contribution in [-0.2, 0) is 0 Å². The van der Waals surface area contributed by atoms with Crippen molar-refractivity contribution in [2.24, 2.45) is 0 Å². The molecule has 4 nitrogen and oxygen atoms in total. The van der Waals surface area contributed by atoms with Gasteiger partial charge in [-0.3, -0.25) is 0 Å². The van der Waals surface area contributed by atoms with E-state index in [0.29, 0.717) is 11.2 Å². The van der Waals surface area contributed by atoms with E-state index in [4.69, 9.17) is 11.6 Å². The highest BCUT2D eigenvalue weighted by molar-refractivity contribution is 6.29. The van der Waals surface area contributed by atoms with Gasteiger partial charge in [0.15, 0.2) is 5.15 Å². The fraction of sp³-hybridized carbons (Fsp3) is 0.692. The summed E-state index contributed by atoms with van der Waals surface area (Å²) in [6.07, 6.45) is 4.78. The van der Waals surface area contributed by atoms with Crippen molar-refractivity contribution >= 4 is 17.4 Å². The third-order valence-electron chi connectivity index (χ3n) is 4.21. The normalized spacial score (nSPS) is 38.7. The van der Waals surface area contributed by atoms with Crippen molar-refractivity contribution in [1.29, 1.82) is 0 Å². The zero-order valence-electron chi connectivity index (χ0n) is 10.8. The molecule has 3 rings (SSSR count). The number of hydrogen-bond acceptors (Lipinski definition) is 4. The second-order valence-electron chi connectivity index (χ2n) is 6.24. The number of halogens is 1. The fourth-order valence-electron chi connectivity index (χ4n) is 3.58. The van der Waals surface area contributed by atoms with Gasteiger partial charge in [0.25, 0.3) is 0 Å². The lowest BCUT2D eigenvalue weighted by atomic mass is 9.85. The zero-order valence-corrected chi connectivity index (χ0v) is 11.6. The molecule has 5 heteroatoms. The van der Waals surface area contributed by atoms with Gasteiger partial charge in [-0.05, 0) is 51.7 Å². The van der Waals surface area contributed by atoms with E-state index in [9.17, 15) is 0 Å². The number of rotatable bonds is 2. The van der Waals surface area contributed by atoms with Crippen molar-refractivity contribution in [3.8, 4) is 0 Å². The number of piperidine rings is 1. The van der Waals surface area contributed by atoms with Crippen LogP contribution in [0.5, 0.6) is 0 Å². The monoisotopic (exact) mass is 266 g/mol. The van der Waals surface area contributed by atoms with Gasteiger partial charge in [0.1, 0.15) is 5.82 Å². The molecule has 0 radical (unpaired) electrons. The molecular formula is C13H19ClN4. The van der Waals surface area contributed by atoms with Gasteiger partial charge in [-0.15, -0.1) is 10.2 Å². The Kier molecular flexibility index (Phi) is 2.75. The van der Waals surface area contributed by atoms with Crippen molar-refractivity contribution in [3.63, 3.8) is 0 Å². The van der Waals surface area contributed by atoms with E-state index in [-0.39, 0.29) is 11.1 Å². The third-order valence-corrected chi connectivity index (χ3v) is 4.41. The van der Waals surface area contributed by atoms with E-state index >= 15 is 0 Å². The van der Waals surface area contributed by atoms with Gasteiger partial charge in [0, 0.05) is 17.1 Å². The highest BCUT2D eigenvalue weighted by Gasteiger charge is 2.48. The van der Waals surface area contributed by atoms with Crippen LogP contribution in [0.2, 0.25) is 5.15 Å². The van der Waals surface area contributed by atoms with E-state index in [1.54, 1.807) is 6.07 Å². The smallest absolute Gasteiger partial charge is 0.151 e. The van der Waals surface area contributed by atoms with Gasteiger partial charge in [0.2, 0.25) is 0 Å². The predicted octanol–water partition coefficient (Wildman–Crippen LogP) is 2.61. The molecule has 18 heavy (non-hydrogen) atoms. The molecule has 2 saturated heterocycles. The minimum absolute atomic E-state index is 0.268. The molecular weight excluding hydrogens is 248 g/mol. The SMILES string of the molecule is C[C@]12CC[C@](C)(CC(Nc3ccc(Cl)nn3)C1)N2. The molecule has 0 amide bonds. The molecule has 2 aliphatic heterocycles. The van der Waals surface area contributed by atoms with Crippen LogP contribution in [0.15, 0.2) is 12.1 Å². The lowest BCUT2D eigenvalue weighted by Gasteiger charge is -2.42. The molecule has 0 saturated carbocycles. The van der Waals surface area contributed by atoms with Gasteiger partial charge in [-0.1, -0.05) is 11.6 Å². The first-order valence-electron chi connectivity index (χ1n) is 6.52. The van der Waals surface area contributed by atoms with Gasteiger partial charge in [0.05, 0.1) is 0 Å². The molecule has 98 valence electrons. The van der Waals surface area contributed by atoms with Gasteiger partial charge in [-0.2, -0.15) is 0 Å². The number of anilines is 1. The van der Waals surface area contributed by atoms with Crippen LogP contribution in [0.4, 0.5) is 5.82 Å². The lowest BCUT2D eigenvalue weighted by molar-refractivity contribution is 0.220. The highest BCUT2D eigenvalue weighted by atomic mass is 35.5. The average molecular weight is 267 g/mol. The molecule has 0 spiro atoms. The predicted molar refractivity (Wildman–Crippen MR) is 72.9 cm³/mol. The summed E-state index contributed by atoms with van der Waals surface area (Å²) in [5.74, 6) is 0.818. The molecule has 3 heterocycles. The van der Waals surface area contributed by atoms with Gasteiger partial charge >= 0.3 is 0 Å². The minimum Gasteiger partial charge on any atom is -0.366 e. The first kappa shape index (κ1) is 12.2. The summed E-state index contributed by atoms with van der Waals surface area (Å²) in [6.45, 7) is 4.64. The summed E-state index contributed by atoms with van der Waals surface area (Å²) in [4.78, 5) is 0. The number of nitrogens with one attached hydrogen (secondary N) is 2. The molecule has 1 aromatic heterocycles. The van der Waals surface area contributed by atoms with Crippen LogP contribution in [0.3, 0.4) is 0 Å². The quantitative estimate of drug-likeness (QED) is 0.864.